The van der Waals surface area contributed by atoms with E-state index in [2.05, 4.69) is 18.7 Å². The summed E-state index contributed by atoms with van der Waals surface area (Å²) in [5.41, 5.74) is 2.41. The molecule has 2 bridgehead atoms. The van der Waals surface area contributed by atoms with E-state index in [4.69, 9.17) is 16.3 Å². The van der Waals surface area contributed by atoms with Crippen LogP contribution in [-0.4, -0.2) is 47.7 Å². The number of piperidine rings is 3. The van der Waals surface area contributed by atoms with E-state index in [0.29, 0.717) is 34.2 Å². The molecule has 2 atom stereocenters. The molecule has 4 aliphatic rings. The average molecular weight is 500 g/mol. The first kappa shape index (κ1) is 24.4. The normalized spacial score (nSPS) is 26.6. The molecule has 35 heavy (non-hydrogen) atoms. The second kappa shape index (κ2) is 8.97. The summed E-state index contributed by atoms with van der Waals surface area (Å²) >= 11 is 6.33. The zero-order valence-electron chi connectivity index (χ0n) is 20.8. The number of carboxylic acid groups (broad SMARTS) is 1. The molecule has 2 aromatic rings. The van der Waals surface area contributed by atoms with Crippen LogP contribution in [0, 0.1) is 17.2 Å². The molecule has 0 saturated carbocycles. The van der Waals surface area contributed by atoms with Crippen molar-refractivity contribution in [3.63, 3.8) is 0 Å². The van der Waals surface area contributed by atoms with Gasteiger partial charge in [-0.2, -0.15) is 0 Å². The molecule has 0 aromatic heterocycles. The van der Waals surface area contributed by atoms with E-state index in [1.54, 1.807) is 23.1 Å². The number of hydrogen-bond acceptors (Lipinski definition) is 4. The van der Waals surface area contributed by atoms with Crippen molar-refractivity contribution in [1.82, 2.24) is 9.80 Å². The van der Waals surface area contributed by atoms with Gasteiger partial charge in [0.15, 0.2) is 0 Å². The van der Waals surface area contributed by atoms with Crippen molar-refractivity contribution in [2.75, 3.05) is 19.6 Å². The minimum atomic E-state index is -1.16. The molecule has 0 spiro atoms. The van der Waals surface area contributed by atoms with Crippen LogP contribution in [0.4, 0.5) is 9.18 Å². The van der Waals surface area contributed by atoms with Gasteiger partial charge < -0.3 is 24.4 Å². The molecule has 0 N–H and O–H groups in total. The van der Waals surface area contributed by atoms with Crippen LogP contribution in [0.3, 0.4) is 0 Å². The van der Waals surface area contributed by atoms with E-state index in [0.717, 1.165) is 43.6 Å². The van der Waals surface area contributed by atoms with Crippen molar-refractivity contribution in [2.45, 2.75) is 65.1 Å². The molecule has 3 aliphatic heterocycles. The number of benzene rings is 2. The highest BCUT2D eigenvalue weighted by atomic mass is 35.5. The number of ether oxygens (including phenoxy) is 1. The molecule has 3 saturated heterocycles. The van der Waals surface area contributed by atoms with Gasteiger partial charge in [-0.1, -0.05) is 25.4 Å². The summed E-state index contributed by atoms with van der Waals surface area (Å²) in [5, 5.41) is 13.0. The van der Waals surface area contributed by atoms with Gasteiger partial charge in [0.1, 0.15) is 17.7 Å². The molecule has 2 aromatic carbocycles. The van der Waals surface area contributed by atoms with Crippen LogP contribution in [0.2, 0.25) is 5.02 Å². The van der Waals surface area contributed by atoms with Crippen LogP contribution >= 0.6 is 11.6 Å². The van der Waals surface area contributed by atoms with Crippen LogP contribution in [0.1, 0.15) is 57.7 Å². The van der Waals surface area contributed by atoms with Crippen molar-refractivity contribution in [3.8, 4) is 16.9 Å². The van der Waals surface area contributed by atoms with Crippen molar-refractivity contribution in [3.05, 3.63) is 52.3 Å². The minimum absolute atomic E-state index is 0.0327. The molecule has 1 amide bonds. The summed E-state index contributed by atoms with van der Waals surface area (Å²) in [7, 11) is 0. The summed E-state index contributed by atoms with van der Waals surface area (Å²) in [6.45, 7) is 10.8. The fourth-order valence-corrected chi connectivity index (χ4v) is 6.76. The number of carbonyl (C=O) groups excluding carboxylic acids is 1. The molecule has 1 aliphatic carbocycles. The number of carbonyl (C=O) groups is 1. The van der Waals surface area contributed by atoms with Gasteiger partial charge in [-0.05, 0) is 105 Å². The molecule has 7 heteroatoms. The monoisotopic (exact) mass is 499 g/mol. The van der Waals surface area contributed by atoms with E-state index in [1.165, 1.54) is 6.07 Å². The van der Waals surface area contributed by atoms with Crippen LogP contribution in [0.25, 0.3) is 11.1 Å². The molecular formula is C28H33ClFN2O3-. The lowest BCUT2D eigenvalue weighted by atomic mass is 9.79. The third-order valence-electron chi connectivity index (χ3n) is 7.93. The predicted octanol–water partition coefficient (Wildman–Crippen LogP) is 5.30. The number of nitrogens with zero attached hydrogens (tertiary/aromatic N) is 2. The quantitative estimate of drug-likeness (QED) is 0.560. The van der Waals surface area contributed by atoms with E-state index in [1.807, 2.05) is 19.9 Å². The molecular weight excluding hydrogens is 467 g/mol. The van der Waals surface area contributed by atoms with E-state index in [-0.39, 0.29) is 17.6 Å². The van der Waals surface area contributed by atoms with Gasteiger partial charge in [0, 0.05) is 23.2 Å². The van der Waals surface area contributed by atoms with Crippen molar-refractivity contribution in [2.24, 2.45) is 11.3 Å². The van der Waals surface area contributed by atoms with Gasteiger partial charge in [0.2, 0.25) is 0 Å². The first-order chi connectivity index (χ1) is 16.5. The third kappa shape index (κ3) is 4.51. The van der Waals surface area contributed by atoms with Gasteiger partial charge in [-0.3, -0.25) is 0 Å². The van der Waals surface area contributed by atoms with Crippen molar-refractivity contribution < 1.29 is 19.0 Å². The van der Waals surface area contributed by atoms with Crippen molar-refractivity contribution >= 4 is 17.7 Å². The summed E-state index contributed by atoms with van der Waals surface area (Å²) in [6.07, 6.45) is 1.45. The Kier molecular flexibility index (Phi) is 6.25. The number of rotatable bonds is 5. The van der Waals surface area contributed by atoms with E-state index < -0.39 is 18.0 Å². The highest BCUT2D eigenvalue weighted by Crippen LogP contribution is 2.52. The average Bonchev–Trinajstić information content (AvgIpc) is 3.02. The summed E-state index contributed by atoms with van der Waals surface area (Å²) in [4.78, 5) is 16.5. The van der Waals surface area contributed by atoms with Gasteiger partial charge in [0.05, 0.1) is 12.1 Å². The standard InChI is InChI=1S/C28H34ClFN2O3/c1-16(2)35-21-10-18(9-20(29)12-21)22-11-19-14-28(3,4)26(23(19)13-24(22)30)32(27(33)34)25-15-31-7-5-17(25)6-8-31/h9-13,16-17,25-26H,5-8,14-15H2,1-4H3,(H,33,34)/p-1/t25-,26+/m1/s1. The first-order valence-corrected chi connectivity index (χ1v) is 12.9. The maximum Gasteiger partial charge on any atom is 0.137 e. The Hall–Kier alpha value is -2.31. The number of fused-ring (bicyclic) bond motifs is 4. The predicted molar refractivity (Wildman–Crippen MR) is 133 cm³/mol. The zero-order chi connectivity index (χ0) is 25.1. The van der Waals surface area contributed by atoms with Gasteiger partial charge in [-0.25, -0.2) is 4.39 Å². The summed E-state index contributed by atoms with van der Waals surface area (Å²) in [6, 6.07) is 8.08. The minimum Gasteiger partial charge on any atom is -0.530 e. The second-order valence-corrected chi connectivity index (χ2v) is 11.8. The summed E-state index contributed by atoms with van der Waals surface area (Å²) in [5.74, 6) is 0.523. The van der Waals surface area contributed by atoms with Crippen LogP contribution < -0.4 is 9.84 Å². The van der Waals surface area contributed by atoms with Crippen molar-refractivity contribution in [1.29, 1.82) is 0 Å². The Bertz CT molecular complexity index is 1140. The molecule has 0 radical (unpaired) electrons. The van der Waals surface area contributed by atoms with Crippen LogP contribution in [-0.2, 0) is 6.42 Å². The lowest BCUT2D eigenvalue weighted by Gasteiger charge is -2.53. The highest BCUT2D eigenvalue weighted by molar-refractivity contribution is 6.31. The maximum absolute atomic E-state index is 15.7. The molecule has 6 rings (SSSR count). The highest BCUT2D eigenvalue weighted by Gasteiger charge is 2.48. The zero-order valence-corrected chi connectivity index (χ0v) is 21.6. The molecule has 3 fully saturated rings. The summed E-state index contributed by atoms with van der Waals surface area (Å²) < 4.78 is 21.5. The topological polar surface area (TPSA) is 55.8 Å². The number of halogens is 2. The molecule has 188 valence electrons. The van der Waals surface area contributed by atoms with Crippen LogP contribution in [0.5, 0.6) is 5.75 Å². The number of amides is 1. The number of hydrogen-bond donors (Lipinski definition) is 0. The smallest absolute Gasteiger partial charge is 0.137 e. The molecule has 0 unspecified atom stereocenters. The van der Waals surface area contributed by atoms with Gasteiger partial charge >= 0.3 is 0 Å². The Morgan fingerprint density at radius 1 is 1.20 bits per heavy atom. The van der Waals surface area contributed by atoms with E-state index >= 15 is 4.39 Å². The fourth-order valence-electron chi connectivity index (χ4n) is 6.54. The Labute approximate surface area is 211 Å². The first-order valence-electron chi connectivity index (χ1n) is 12.5. The van der Waals surface area contributed by atoms with Crippen LogP contribution in [0.15, 0.2) is 30.3 Å². The van der Waals surface area contributed by atoms with E-state index in [9.17, 15) is 9.90 Å². The SMILES string of the molecule is CC(C)Oc1cc(Cl)cc(-c2cc3c(cc2F)[C@H](N(C(=O)[O-])[C@@H]2CN4CCC2CC4)C(C)(C)C3)c1. The molecule has 5 nitrogen and oxygen atoms in total. The second-order valence-electron chi connectivity index (χ2n) is 11.3. The Balaban J connectivity index is 1.55. The third-order valence-corrected chi connectivity index (χ3v) is 8.15. The Morgan fingerprint density at radius 3 is 2.51 bits per heavy atom. The maximum atomic E-state index is 15.7. The Morgan fingerprint density at radius 2 is 1.91 bits per heavy atom. The molecule has 3 heterocycles. The lowest BCUT2D eigenvalue weighted by molar-refractivity contribution is -0.276. The van der Waals surface area contributed by atoms with Gasteiger partial charge in [-0.15, -0.1) is 0 Å². The largest absolute Gasteiger partial charge is 0.530 e. The lowest BCUT2D eigenvalue weighted by Crippen LogP contribution is -2.62. The fraction of sp³-hybridized carbons (Fsp3) is 0.536. The van der Waals surface area contributed by atoms with Gasteiger partial charge in [0.25, 0.3) is 0 Å².